The van der Waals surface area contributed by atoms with Crippen molar-refractivity contribution in [1.82, 2.24) is 15.6 Å². The van der Waals surface area contributed by atoms with Gasteiger partial charge in [-0.1, -0.05) is 19.3 Å². The number of aliphatic imine (C=N–C) groups is 1. The summed E-state index contributed by atoms with van der Waals surface area (Å²) < 4.78 is 0. The average Bonchev–Trinajstić information content (AvgIpc) is 2.49. The van der Waals surface area contributed by atoms with Crippen molar-refractivity contribution in [3.8, 4) is 0 Å². The Kier molecular flexibility index (Phi) is 6.60. The van der Waals surface area contributed by atoms with Crippen molar-refractivity contribution < 1.29 is 0 Å². The first-order valence-corrected chi connectivity index (χ1v) is 8.24. The number of nitrogens with zero attached hydrogens (tertiary/aromatic N) is 2. The highest BCUT2D eigenvalue weighted by atomic mass is 15.3. The lowest BCUT2D eigenvalue weighted by Gasteiger charge is -2.28. The Bertz CT molecular complexity index is 291. The van der Waals surface area contributed by atoms with Crippen LogP contribution in [0.15, 0.2) is 4.99 Å². The van der Waals surface area contributed by atoms with Gasteiger partial charge in [0.1, 0.15) is 0 Å². The fourth-order valence-corrected chi connectivity index (χ4v) is 3.28. The predicted octanol–water partition coefficient (Wildman–Crippen LogP) is 1.46. The van der Waals surface area contributed by atoms with E-state index in [9.17, 15) is 0 Å². The van der Waals surface area contributed by atoms with Crippen molar-refractivity contribution in [2.75, 3.05) is 26.7 Å². The van der Waals surface area contributed by atoms with Crippen LogP contribution in [0.2, 0.25) is 0 Å². The Morgan fingerprint density at radius 1 is 1.15 bits per heavy atom. The number of piperidine rings is 1. The van der Waals surface area contributed by atoms with E-state index in [1.807, 2.05) is 0 Å². The van der Waals surface area contributed by atoms with Crippen LogP contribution in [0.5, 0.6) is 0 Å². The summed E-state index contributed by atoms with van der Waals surface area (Å²) in [5.74, 6) is 7.20. The van der Waals surface area contributed by atoms with Gasteiger partial charge in [0.05, 0.1) is 0 Å². The normalized spacial score (nSPS) is 23.8. The van der Waals surface area contributed by atoms with Gasteiger partial charge < -0.3 is 10.2 Å². The summed E-state index contributed by atoms with van der Waals surface area (Å²) in [6.45, 7) is 3.35. The fraction of sp³-hybridized carbons (Fsp3) is 0.933. The molecule has 116 valence electrons. The first-order valence-electron chi connectivity index (χ1n) is 8.24. The molecule has 0 amide bonds. The molecule has 2 fully saturated rings. The van der Waals surface area contributed by atoms with Gasteiger partial charge in [-0.05, 0) is 58.2 Å². The minimum absolute atomic E-state index is 0.557. The van der Waals surface area contributed by atoms with Crippen molar-refractivity contribution in [1.29, 1.82) is 0 Å². The third-order valence-corrected chi connectivity index (χ3v) is 4.73. The minimum atomic E-state index is 0.557. The Morgan fingerprint density at radius 2 is 1.85 bits per heavy atom. The molecule has 2 aliphatic rings. The van der Waals surface area contributed by atoms with Gasteiger partial charge in [-0.2, -0.15) is 0 Å². The molecule has 0 aromatic rings. The van der Waals surface area contributed by atoms with Crippen LogP contribution in [0.1, 0.15) is 51.4 Å². The van der Waals surface area contributed by atoms with Crippen molar-refractivity contribution in [3.63, 3.8) is 0 Å². The lowest BCUT2D eigenvalue weighted by Crippen LogP contribution is -2.47. The van der Waals surface area contributed by atoms with E-state index < -0.39 is 0 Å². The average molecular weight is 281 g/mol. The van der Waals surface area contributed by atoms with Gasteiger partial charge in [-0.3, -0.25) is 10.4 Å². The molecule has 1 aliphatic carbocycles. The van der Waals surface area contributed by atoms with Gasteiger partial charge in [-0.25, -0.2) is 5.84 Å². The lowest BCUT2D eigenvalue weighted by molar-refractivity contribution is 0.214. The SMILES string of the molecule is CN1CCC(CCN=C(NN)NC2CCCCC2)CC1. The van der Waals surface area contributed by atoms with Crippen LogP contribution in [-0.4, -0.2) is 43.6 Å². The Balaban J connectivity index is 1.67. The topological polar surface area (TPSA) is 65.7 Å². The molecule has 1 saturated carbocycles. The van der Waals surface area contributed by atoms with Crippen LogP contribution in [-0.2, 0) is 0 Å². The highest BCUT2D eigenvalue weighted by molar-refractivity contribution is 5.79. The molecular weight excluding hydrogens is 250 g/mol. The number of likely N-dealkylation sites (tertiary alicyclic amines) is 1. The molecule has 1 saturated heterocycles. The van der Waals surface area contributed by atoms with Crippen molar-refractivity contribution in [2.24, 2.45) is 16.8 Å². The second-order valence-corrected chi connectivity index (χ2v) is 6.39. The summed E-state index contributed by atoms with van der Waals surface area (Å²) in [6.07, 6.45) is 10.3. The molecule has 0 aromatic carbocycles. The maximum Gasteiger partial charge on any atom is 0.205 e. The van der Waals surface area contributed by atoms with Gasteiger partial charge >= 0.3 is 0 Å². The largest absolute Gasteiger partial charge is 0.353 e. The molecular formula is C15H31N5. The van der Waals surface area contributed by atoms with Crippen molar-refractivity contribution in [3.05, 3.63) is 0 Å². The molecule has 5 nitrogen and oxygen atoms in total. The summed E-state index contributed by atoms with van der Waals surface area (Å²) >= 11 is 0. The highest BCUT2D eigenvalue weighted by Gasteiger charge is 2.17. The number of hydrogen-bond acceptors (Lipinski definition) is 3. The zero-order chi connectivity index (χ0) is 14.2. The standard InChI is InChI=1S/C15H31N5/c1-20-11-8-13(9-12-20)7-10-17-15(19-16)18-14-5-3-2-4-6-14/h13-14H,2-12,16H2,1H3,(H2,17,18,19). The quantitative estimate of drug-likeness (QED) is 0.316. The molecule has 0 spiro atoms. The number of hydrazine groups is 1. The lowest BCUT2D eigenvalue weighted by atomic mass is 9.94. The number of guanidine groups is 1. The number of rotatable bonds is 4. The van der Waals surface area contributed by atoms with E-state index in [0.29, 0.717) is 6.04 Å². The molecule has 0 aromatic heterocycles. The zero-order valence-electron chi connectivity index (χ0n) is 12.9. The van der Waals surface area contributed by atoms with Crippen LogP contribution < -0.4 is 16.6 Å². The third kappa shape index (κ3) is 5.29. The van der Waals surface area contributed by atoms with E-state index in [4.69, 9.17) is 5.84 Å². The molecule has 0 bridgehead atoms. The maximum atomic E-state index is 5.58. The van der Waals surface area contributed by atoms with Crippen LogP contribution in [0, 0.1) is 5.92 Å². The van der Waals surface area contributed by atoms with E-state index in [1.54, 1.807) is 0 Å². The van der Waals surface area contributed by atoms with Gasteiger partial charge in [0.2, 0.25) is 5.96 Å². The first-order chi connectivity index (χ1) is 9.78. The summed E-state index contributed by atoms with van der Waals surface area (Å²) in [5, 5.41) is 3.46. The Labute approximate surface area is 123 Å². The minimum Gasteiger partial charge on any atom is -0.353 e. The smallest absolute Gasteiger partial charge is 0.205 e. The molecule has 0 radical (unpaired) electrons. The van der Waals surface area contributed by atoms with E-state index >= 15 is 0 Å². The second-order valence-electron chi connectivity index (χ2n) is 6.39. The molecule has 20 heavy (non-hydrogen) atoms. The van der Waals surface area contributed by atoms with Crippen LogP contribution in [0.3, 0.4) is 0 Å². The van der Waals surface area contributed by atoms with Gasteiger partial charge in [0.25, 0.3) is 0 Å². The highest BCUT2D eigenvalue weighted by Crippen LogP contribution is 2.19. The number of nitrogens with one attached hydrogen (secondary N) is 2. The molecule has 5 heteroatoms. The van der Waals surface area contributed by atoms with Crippen molar-refractivity contribution >= 4 is 5.96 Å². The molecule has 4 N–H and O–H groups in total. The van der Waals surface area contributed by atoms with Crippen LogP contribution in [0.4, 0.5) is 0 Å². The van der Waals surface area contributed by atoms with Gasteiger partial charge in [0.15, 0.2) is 0 Å². The Morgan fingerprint density at radius 3 is 2.50 bits per heavy atom. The Hall–Kier alpha value is -0.810. The monoisotopic (exact) mass is 281 g/mol. The van der Waals surface area contributed by atoms with E-state index in [1.165, 1.54) is 64.5 Å². The fourth-order valence-electron chi connectivity index (χ4n) is 3.28. The summed E-state index contributed by atoms with van der Waals surface area (Å²) in [4.78, 5) is 7.02. The summed E-state index contributed by atoms with van der Waals surface area (Å²) in [5.41, 5.74) is 2.72. The number of nitrogens with two attached hydrogens (primary N) is 1. The van der Waals surface area contributed by atoms with Crippen LogP contribution in [0.25, 0.3) is 0 Å². The third-order valence-electron chi connectivity index (χ3n) is 4.73. The summed E-state index contributed by atoms with van der Waals surface area (Å²) in [6, 6.07) is 0.557. The molecule has 1 heterocycles. The molecule has 2 rings (SSSR count). The molecule has 0 unspecified atom stereocenters. The number of hydrogen-bond donors (Lipinski definition) is 3. The van der Waals surface area contributed by atoms with Crippen LogP contribution >= 0.6 is 0 Å². The second kappa shape index (κ2) is 8.47. The van der Waals surface area contributed by atoms with E-state index in [2.05, 4.69) is 27.7 Å². The molecule has 0 atom stereocenters. The van der Waals surface area contributed by atoms with Crippen molar-refractivity contribution in [2.45, 2.75) is 57.4 Å². The van der Waals surface area contributed by atoms with E-state index in [0.717, 1.165) is 18.4 Å². The zero-order valence-corrected chi connectivity index (χ0v) is 12.9. The first kappa shape index (κ1) is 15.6. The maximum absolute atomic E-state index is 5.58. The summed E-state index contributed by atoms with van der Waals surface area (Å²) in [7, 11) is 2.21. The van der Waals surface area contributed by atoms with E-state index in [-0.39, 0.29) is 0 Å². The predicted molar refractivity (Wildman–Crippen MR) is 84.5 cm³/mol. The molecule has 1 aliphatic heterocycles. The van der Waals surface area contributed by atoms with Gasteiger partial charge in [-0.15, -0.1) is 0 Å². The van der Waals surface area contributed by atoms with Gasteiger partial charge in [0, 0.05) is 12.6 Å².